The summed E-state index contributed by atoms with van der Waals surface area (Å²) in [6, 6.07) is 12.4. The minimum atomic E-state index is -3.80. The van der Waals surface area contributed by atoms with Crippen molar-refractivity contribution in [3.8, 4) is 5.75 Å². The van der Waals surface area contributed by atoms with Crippen molar-refractivity contribution in [1.82, 2.24) is 14.5 Å². The average molecular weight is 435 g/mol. The second-order valence-corrected chi connectivity index (χ2v) is 9.00. The van der Waals surface area contributed by atoms with Crippen LogP contribution in [0.25, 0.3) is 0 Å². The number of sulfonamides is 1. The van der Waals surface area contributed by atoms with Crippen LogP contribution in [0.2, 0.25) is 0 Å². The molecule has 0 unspecified atom stereocenters. The molecule has 3 rings (SSSR count). The summed E-state index contributed by atoms with van der Waals surface area (Å²) in [6.07, 6.45) is 0. The SMILES string of the molecule is COc1ccc([C@@H](CNS(=O)(=O)c2ccc([N+](=O)[O-])cc2)N2CCN(C)CC2)cc1. The first-order valence-corrected chi connectivity index (χ1v) is 11.1. The van der Waals surface area contributed by atoms with Gasteiger partial charge in [-0.1, -0.05) is 12.1 Å². The van der Waals surface area contributed by atoms with E-state index < -0.39 is 14.9 Å². The second-order valence-electron chi connectivity index (χ2n) is 7.23. The first-order valence-electron chi connectivity index (χ1n) is 9.61. The fraction of sp³-hybridized carbons (Fsp3) is 0.400. The third-order valence-corrected chi connectivity index (χ3v) is 6.74. The van der Waals surface area contributed by atoms with Crippen molar-refractivity contribution in [2.75, 3.05) is 46.9 Å². The Morgan fingerprint density at radius 3 is 2.20 bits per heavy atom. The van der Waals surface area contributed by atoms with E-state index in [2.05, 4.69) is 21.6 Å². The molecule has 2 aromatic carbocycles. The van der Waals surface area contributed by atoms with Crippen LogP contribution < -0.4 is 9.46 Å². The summed E-state index contributed by atoms with van der Waals surface area (Å²) < 4.78 is 33.4. The zero-order valence-electron chi connectivity index (χ0n) is 17.0. The van der Waals surface area contributed by atoms with Gasteiger partial charge in [0.15, 0.2) is 0 Å². The van der Waals surface area contributed by atoms with E-state index in [9.17, 15) is 18.5 Å². The van der Waals surface area contributed by atoms with Crippen LogP contribution in [0.1, 0.15) is 11.6 Å². The maximum atomic E-state index is 12.8. The molecule has 162 valence electrons. The second kappa shape index (κ2) is 9.52. The molecule has 1 heterocycles. The van der Waals surface area contributed by atoms with E-state index in [1.807, 2.05) is 24.3 Å². The number of likely N-dealkylation sites (N-methyl/N-ethyl adjacent to an activating group) is 1. The Labute approximate surface area is 176 Å². The van der Waals surface area contributed by atoms with Crippen LogP contribution in [0.4, 0.5) is 5.69 Å². The van der Waals surface area contributed by atoms with E-state index in [1.54, 1.807) is 7.11 Å². The number of non-ortho nitro benzene ring substituents is 1. The number of hydrogen-bond donors (Lipinski definition) is 1. The minimum absolute atomic E-state index is 0.0000385. The molecule has 0 saturated carbocycles. The molecule has 1 aliphatic rings. The number of benzene rings is 2. The molecule has 0 spiro atoms. The monoisotopic (exact) mass is 434 g/mol. The molecule has 1 aliphatic heterocycles. The molecule has 0 amide bonds. The lowest BCUT2D eigenvalue weighted by atomic mass is 10.0. The van der Waals surface area contributed by atoms with Gasteiger partial charge in [0.2, 0.25) is 10.0 Å². The van der Waals surface area contributed by atoms with Crippen molar-refractivity contribution in [2.45, 2.75) is 10.9 Å². The third-order valence-electron chi connectivity index (χ3n) is 5.30. The van der Waals surface area contributed by atoms with E-state index in [4.69, 9.17) is 4.74 Å². The van der Waals surface area contributed by atoms with Gasteiger partial charge in [-0.25, -0.2) is 13.1 Å². The Hall–Kier alpha value is -2.53. The van der Waals surface area contributed by atoms with Crippen LogP contribution in [0.15, 0.2) is 53.4 Å². The van der Waals surface area contributed by atoms with Gasteiger partial charge in [-0.05, 0) is 36.9 Å². The lowest BCUT2D eigenvalue weighted by Gasteiger charge is -2.38. The summed E-state index contributed by atoms with van der Waals surface area (Å²) in [5.41, 5.74) is 0.842. The number of nitro groups is 1. The van der Waals surface area contributed by atoms with Crippen molar-refractivity contribution < 1.29 is 18.1 Å². The molecule has 0 aliphatic carbocycles. The molecule has 1 N–H and O–H groups in total. The number of hydrogen-bond acceptors (Lipinski definition) is 7. The van der Waals surface area contributed by atoms with Crippen LogP contribution in [-0.4, -0.2) is 70.0 Å². The number of nitrogens with zero attached hydrogens (tertiary/aromatic N) is 3. The van der Waals surface area contributed by atoms with Gasteiger partial charge in [-0.2, -0.15) is 0 Å². The molecule has 0 radical (unpaired) electrons. The highest BCUT2D eigenvalue weighted by Gasteiger charge is 2.26. The van der Waals surface area contributed by atoms with E-state index >= 15 is 0 Å². The third kappa shape index (κ3) is 5.33. The summed E-state index contributed by atoms with van der Waals surface area (Å²) in [5.74, 6) is 0.738. The van der Waals surface area contributed by atoms with Gasteiger partial charge in [0.05, 0.1) is 16.9 Å². The minimum Gasteiger partial charge on any atom is -0.497 e. The van der Waals surface area contributed by atoms with E-state index in [0.717, 1.165) is 37.5 Å². The fourth-order valence-corrected chi connectivity index (χ4v) is 4.47. The van der Waals surface area contributed by atoms with Crippen LogP contribution in [0, 0.1) is 10.1 Å². The Balaban J connectivity index is 1.78. The topological polar surface area (TPSA) is 105 Å². The molecule has 1 saturated heterocycles. The summed E-state index contributed by atoms with van der Waals surface area (Å²) in [7, 11) is -0.133. The Kier molecular flexibility index (Phi) is 7.03. The highest BCUT2D eigenvalue weighted by molar-refractivity contribution is 7.89. The zero-order chi connectivity index (χ0) is 21.7. The molecule has 0 aromatic heterocycles. The highest BCUT2D eigenvalue weighted by atomic mass is 32.2. The van der Waals surface area contributed by atoms with E-state index in [1.165, 1.54) is 24.3 Å². The summed E-state index contributed by atoms with van der Waals surface area (Å²) in [4.78, 5) is 14.7. The van der Waals surface area contributed by atoms with Gasteiger partial charge in [-0.3, -0.25) is 15.0 Å². The first kappa shape index (κ1) is 22.2. The zero-order valence-corrected chi connectivity index (χ0v) is 17.8. The van der Waals surface area contributed by atoms with Crippen molar-refractivity contribution >= 4 is 15.7 Å². The van der Waals surface area contributed by atoms with Gasteiger partial charge in [0.1, 0.15) is 5.75 Å². The number of piperazine rings is 1. The predicted octanol–water partition coefficient (Wildman–Crippen LogP) is 1.87. The molecule has 2 aromatic rings. The lowest BCUT2D eigenvalue weighted by Crippen LogP contribution is -2.48. The average Bonchev–Trinajstić information content (AvgIpc) is 2.75. The fourth-order valence-electron chi connectivity index (χ4n) is 3.44. The lowest BCUT2D eigenvalue weighted by molar-refractivity contribution is -0.384. The van der Waals surface area contributed by atoms with Gasteiger partial charge in [0, 0.05) is 50.9 Å². The molecule has 1 fully saturated rings. The van der Waals surface area contributed by atoms with Gasteiger partial charge >= 0.3 is 0 Å². The number of ether oxygens (including phenoxy) is 1. The Bertz CT molecular complexity index is 956. The van der Waals surface area contributed by atoms with Crippen molar-refractivity contribution in [3.05, 3.63) is 64.2 Å². The van der Waals surface area contributed by atoms with Crippen LogP contribution in [-0.2, 0) is 10.0 Å². The van der Waals surface area contributed by atoms with Gasteiger partial charge < -0.3 is 9.64 Å². The molecule has 30 heavy (non-hydrogen) atoms. The quantitative estimate of drug-likeness (QED) is 0.499. The predicted molar refractivity (Wildman–Crippen MR) is 113 cm³/mol. The van der Waals surface area contributed by atoms with Crippen LogP contribution >= 0.6 is 0 Å². The summed E-state index contributed by atoms with van der Waals surface area (Å²) >= 11 is 0. The molecule has 9 nitrogen and oxygen atoms in total. The first-order chi connectivity index (χ1) is 14.3. The summed E-state index contributed by atoms with van der Waals surface area (Å²) in [5, 5.41) is 10.8. The van der Waals surface area contributed by atoms with E-state index in [0.29, 0.717) is 0 Å². The van der Waals surface area contributed by atoms with Crippen LogP contribution in [0.5, 0.6) is 5.75 Å². The maximum absolute atomic E-state index is 12.8. The smallest absolute Gasteiger partial charge is 0.269 e. The molecule has 0 bridgehead atoms. The number of nitro benzene ring substituents is 1. The molecule has 10 heteroatoms. The molecular formula is C20H26N4O5S. The van der Waals surface area contributed by atoms with Crippen molar-refractivity contribution in [3.63, 3.8) is 0 Å². The van der Waals surface area contributed by atoms with Gasteiger partial charge in [-0.15, -0.1) is 0 Å². The van der Waals surface area contributed by atoms with E-state index in [-0.39, 0.29) is 23.2 Å². The molecule has 1 atom stereocenters. The Morgan fingerprint density at radius 1 is 1.07 bits per heavy atom. The number of methoxy groups -OCH3 is 1. The van der Waals surface area contributed by atoms with Crippen molar-refractivity contribution in [2.24, 2.45) is 0 Å². The van der Waals surface area contributed by atoms with Crippen LogP contribution in [0.3, 0.4) is 0 Å². The molecular weight excluding hydrogens is 408 g/mol. The Morgan fingerprint density at radius 2 is 1.67 bits per heavy atom. The summed E-state index contributed by atoms with van der Waals surface area (Å²) in [6.45, 7) is 3.65. The largest absolute Gasteiger partial charge is 0.497 e. The highest BCUT2D eigenvalue weighted by Crippen LogP contribution is 2.25. The van der Waals surface area contributed by atoms with Gasteiger partial charge in [0.25, 0.3) is 5.69 Å². The normalized spacial score (nSPS) is 16.9. The number of nitrogens with one attached hydrogen (secondary N) is 1. The van der Waals surface area contributed by atoms with Crippen molar-refractivity contribution in [1.29, 1.82) is 0 Å². The standard InChI is InChI=1S/C20H26N4O5S/c1-22-11-13-23(14-12-22)20(16-3-7-18(29-2)8-4-16)15-21-30(27,28)19-9-5-17(6-10-19)24(25)26/h3-10,20-21H,11-15H2,1-2H3/t20-/m1/s1. The number of rotatable bonds is 8. The maximum Gasteiger partial charge on any atom is 0.269 e.